The van der Waals surface area contributed by atoms with Gasteiger partial charge < -0.3 is 4.57 Å². The second-order valence-corrected chi connectivity index (χ2v) is 5.84. The third-order valence-corrected chi connectivity index (χ3v) is 4.01. The Hall–Kier alpha value is -1.09. The molecule has 96 valence electrons. The van der Waals surface area contributed by atoms with Crippen molar-refractivity contribution in [2.45, 2.75) is 33.6 Å². The van der Waals surface area contributed by atoms with Crippen molar-refractivity contribution in [2.75, 3.05) is 0 Å². The van der Waals surface area contributed by atoms with Gasteiger partial charge in [0.2, 0.25) is 0 Å². The van der Waals surface area contributed by atoms with Crippen LogP contribution in [0.15, 0.2) is 22.8 Å². The van der Waals surface area contributed by atoms with Crippen LogP contribution in [0.1, 0.15) is 36.7 Å². The van der Waals surface area contributed by atoms with Gasteiger partial charge in [-0.15, -0.1) is 0 Å². The number of nitrogens with zero attached hydrogens (tertiary/aromatic N) is 2. The molecule has 0 spiro atoms. The van der Waals surface area contributed by atoms with Crippen molar-refractivity contribution in [3.63, 3.8) is 0 Å². The fourth-order valence-electron chi connectivity index (χ4n) is 2.12. The third-order valence-electron chi connectivity index (χ3n) is 3.46. The highest BCUT2D eigenvalue weighted by Crippen LogP contribution is 2.32. The van der Waals surface area contributed by atoms with Crippen LogP contribution in [-0.2, 0) is 7.05 Å². The molecule has 1 aromatic heterocycles. The predicted molar refractivity (Wildman–Crippen MR) is 79.9 cm³/mol. The van der Waals surface area contributed by atoms with Crippen molar-refractivity contribution in [3.8, 4) is 11.3 Å². The van der Waals surface area contributed by atoms with Crippen LogP contribution >= 0.6 is 15.9 Å². The van der Waals surface area contributed by atoms with Gasteiger partial charge in [0.25, 0.3) is 0 Å². The maximum Gasteiger partial charge on any atom is 0.132 e. The topological polar surface area (TPSA) is 17.8 Å². The van der Waals surface area contributed by atoms with E-state index in [4.69, 9.17) is 0 Å². The monoisotopic (exact) mass is 306 g/mol. The molecular formula is C15H19BrN2. The van der Waals surface area contributed by atoms with Gasteiger partial charge in [0, 0.05) is 12.6 Å². The van der Waals surface area contributed by atoms with Gasteiger partial charge >= 0.3 is 0 Å². The minimum absolute atomic E-state index is 0.539. The Morgan fingerprint density at radius 2 is 1.89 bits per heavy atom. The SMILES string of the molecule is Cc1ccc(C(C)C)cc1-c1c(Br)nc(C)n1C. The number of rotatable bonds is 2. The standard InChI is InChI=1S/C15H19BrN2/c1-9(2)12-7-6-10(3)13(8-12)14-15(16)17-11(4)18(14)5/h6-9H,1-5H3. The molecule has 2 aromatic rings. The van der Waals surface area contributed by atoms with Gasteiger partial charge in [0.05, 0.1) is 5.69 Å². The summed E-state index contributed by atoms with van der Waals surface area (Å²) < 4.78 is 3.06. The molecule has 0 radical (unpaired) electrons. The zero-order valence-corrected chi connectivity index (χ0v) is 13.2. The van der Waals surface area contributed by atoms with E-state index in [-0.39, 0.29) is 0 Å². The molecule has 0 unspecified atom stereocenters. The molecule has 0 fully saturated rings. The zero-order chi connectivity index (χ0) is 13.4. The van der Waals surface area contributed by atoms with Gasteiger partial charge in [-0.1, -0.05) is 26.0 Å². The van der Waals surface area contributed by atoms with Crippen molar-refractivity contribution in [3.05, 3.63) is 39.8 Å². The largest absolute Gasteiger partial charge is 0.330 e. The lowest BCUT2D eigenvalue weighted by Gasteiger charge is -2.12. The summed E-state index contributed by atoms with van der Waals surface area (Å²) in [6.07, 6.45) is 0. The molecule has 2 rings (SSSR count). The van der Waals surface area contributed by atoms with E-state index in [0.29, 0.717) is 5.92 Å². The first-order valence-electron chi connectivity index (χ1n) is 6.21. The van der Waals surface area contributed by atoms with Crippen LogP contribution in [-0.4, -0.2) is 9.55 Å². The van der Waals surface area contributed by atoms with Crippen molar-refractivity contribution >= 4 is 15.9 Å². The fourth-order valence-corrected chi connectivity index (χ4v) is 2.85. The Morgan fingerprint density at radius 1 is 1.22 bits per heavy atom. The van der Waals surface area contributed by atoms with E-state index in [1.54, 1.807) is 0 Å². The Balaban J connectivity index is 2.66. The normalized spacial score (nSPS) is 11.3. The van der Waals surface area contributed by atoms with E-state index >= 15 is 0 Å². The lowest BCUT2D eigenvalue weighted by molar-refractivity contribution is 0.856. The van der Waals surface area contributed by atoms with Crippen molar-refractivity contribution < 1.29 is 0 Å². The summed E-state index contributed by atoms with van der Waals surface area (Å²) in [5, 5.41) is 0. The van der Waals surface area contributed by atoms with Crippen LogP contribution < -0.4 is 0 Å². The first kappa shape index (κ1) is 13.3. The van der Waals surface area contributed by atoms with E-state index in [2.05, 4.69) is 71.5 Å². The quantitative estimate of drug-likeness (QED) is 0.793. The van der Waals surface area contributed by atoms with Crippen molar-refractivity contribution in [1.82, 2.24) is 9.55 Å². The van der Waals surface area contributed by atoms with E-state index < -0.39 is 0 Å². The van der Waals surface area contributed by atoms with Crippen LogP contribution in [0.5, 0.6) is 0 Å². The third kappa shape index (κ3) is 2.24. The number of aromatic nitrogens is 2. The average molecular weight is 307 g/mol. The second kappa shape index (κ2) is 4.88. The molecule has 2 nitrogen and oxygen atoms in total. The summed E-state index contributed by atoms with van der Waals surface area (Å²) >= 11 is 3.57. The van der Waals surface area contributed by atoms with E-state index in [1.165, 1.54) is 16.7 Å². The smallest absolute Gasteiger partial charge is 0.132 e. The zero-order valence-electron chi connectivity index (χ0n) is 11.6. The highest BCUT2D eigenvalue weighted by atomic mass is 79.9. The maximum absolute atomic E-state index is 4.48. The van der Waals surface area contributed by atoms with Gasteiger partial charge in [-0.3, -0.25) is 0 Å². The summed E-state index contributed by atoms with van der Waals surface area (Å²) in [4.78, 5) is 4.48. The second-order valence-electron chi connectivity index (χ2n) is 5.09. The molecule has 0 saturated carbocycles. The summed E-state index contributed by atoms with van der Waals surface area (Å²) in [6, 6.07) is 6.68. The van der Waals surface area contributed by atoms with Gasteiger partial charge in [-0.2, -0.15) is 0 Å². The first-order valence-corrected chi connectivity index (χ1v) is 7.01. The summed E-state index contributed by atoms with van der Waals surface area (Å²) in [5.74, 6) is 1.56. The lowest BCUT2D eigenvalue weighted by Crippen LogP contribution is -1.97. The molecule has 0 aliphatic carbocycles. The molecular weight excluding hydrogens is 288 g/mol. The van der Waals surface area contributed by atoms with Crippen LogP contribution in [0.3, 0.4) is 0 Å². The molecule has 0 atom stereocenters. The maximum atomic E-state index is 4.48. The lowest BCUT2D eigenvalue weighted by atomic mass is 9.96. The van der Waals surface area contributed by atoms with Crippen LogP contribution in [0, 0.1) is 13.8 Å². The molecule has 0 aliphatic rings. The van der Waals surface area contributed by atoms with E-state index in [1.807, 2.05) is 6.92 Å². The van der Waals surface area contributed by atoms with Crippen LogP contribution in [0.2, 0.25) is 0 Å². The van der Waals surface area contributed by atoms with Crippen molar-refractivity contribution in [1.29, 1.82) is 0 Å². The average Bonchev–Trinajstić information content (AvgIpc) is 2.54. The number of hydrogen-bond donors (Lipinski definition) is 0. The minimum Gasteiger partial charge on any atom is -0.330 e. The van der Waals surface area contributed by atoms with Crippen LogP contribution in [0.4, 0.5) is 0 Å². The summed E-state index contributed by atoms with van der Waals surface area (Å²) in [7, 11) is 2.06. The van der Waals surface area contributed by atoms with Gasteiger partial charge in [-0.25, -0.2) is 4.98 Å². The molecule has 0 saturated heterocycles. The van der Waals surface area contributed by atoms with Gasteiger partial charge in [-0.05, 0) is 52.9 Å². The van der Waals surface area contributed by atoms with E-state index in [0.717, 1.165) is 16.1 Å². The Bertz CT molecular complexity index is 582. The van der Waals surface area contributed by atoms with Crippen molar-refractivity contribution in [2.24, 2.45) is 7.05 Å². The van der Waals surface area contributed by atoms with E-state index in [9.17, 15) is 0 Å². The fraction of sp³-hybridized carbons (Fsp3) is 0.400. The predicted octanol–water partition coefficient (Wildman–Crippen LogP) is 4.59. The molecule has 0 aliphatic heterocycles. The molecule has 1 heterocycles. The summed E-state index contributed by atoms with van der Waals surface area (Å²) in [6.45, 7) is 8.61. The number of hydrogen-bond acceptors (Lipinski definition) is 1. The Kier molecular flexibility index (Phi) is 3.62. The van der Waals surface area contributed by atoms with Crippen LogP contribution in [0.25, 0.3) is 11.3 Å². The highest BCUT2D eigenvalue weighted by Gasteiger charge is 2.15. The number of halogens is 1. The van der Waals surface area contributed by atoms with Gasteiger partial charge in [0.15, 0.2) is 0 Å². The molecule has 0 bridgehead atoms. The van der Waals surface area contributed by atoms with Gasteiger partial charge in [0.1, 0.15) is 10.4 Å². The molecule has 1 aromatic carbocycles. The Morgan fingerprint density at radius 3 is 2.39 bits per heavy atom. The number of imidazole rings is 1. The first-order chi connectivity index (χ1) is 8.41. The molecule has 0 N–H and O–H groups in total. The molecule has 3 heteroatoms. The minimum atomic E-state index is 0.539. The summed E-state index contributed by atoms with van der Waals surface area (Å²) in [5.41, 5.74) is 5.06. The number of aryl methyl sites for hydroxylation is 2. The number of benzene rings is 1. The molecule has 0 amide bonds. The highest BCUT2D eigenvalue weighted by molar-refractivity contribution is 9.10. The molecule has 18 heavy (non-hydrogen) atoms. The Labute approximate surface area is 117 Å².